The number of hydrogen-bond donors (Lipinski definition) is 4. The molecule has 0 saturated carbocycles. The molecule has 0 bridgehead atoms. The van der Waals surface area contributed by atoms with Gasteiger partial charge >= 0.3 is 0 Å². The maximum atomic E-state index is 13.4. The number of aliphatic hydroxyl groups is 1. The average molecular weight is 267 g/mol. The summed E-state index contributed by atoms with van der Waals surface area (Å²) in [6, 6.07) is 0. The SMILES string of the molecule is C=N/C(=N\N/C=C\C(N)O)C1C=C(CN)C=C(F)C1. The molecule has 0 radical (unpaired) electrons. The van der Waals surface area contributed by atoms with Gasteiger partial charge in [-0.2, -0.15) is 5.10 Å². The van der Waals surface area contributed by atoms with Crippen LogP contribution in [0.25, 0.3) is 0 Å². The van der Waals surface area contributed by atoms with Crippen LogP contribution in [-0.4, -0.2) is 30.4 Å². The molecule has 0 saturated heterocycles. The van der Waals surface area contributed by atoms with Crippen molar-refractivity contribution in [1.82, 2.24) is 5.43 Å². The highest BCUT2D eigenvalue weighted by Gasteiger charge is 2.19. The Hall–Kier alpha value is -1.83. The lowest BCUT2D eigenvalue weighted by molar-refractivity contribution is 0.231. The van der Waals surface area contributed by atoms with Gasteiger partial charge in [-0.05, 0) is 24.4 Å². The van der Waals surface area contributed by atoms with Crippen LogP contribution < -0.4 is 16.9 Å². The molecule has 0 spiro atoms. The maximum absolute atomic E-state index is 13.4. The molecule has 1 rings (SSSR count). The average Bonchev–Trinajstić information content (AvgIpc) is 2.37. The van der Waals surface area contributed by atoms with E-state index in [9.17, 15) is 4.39 Å². The number of nitrogens with two attached hydrogens (primary N) is 2. The molecule has 1 aliphatic rings. The molecule has 104 valence electrons. The number of hydrogen-bond acceptors (Lipinski definition) is 5. The van der Waals surface area contributed by atoms with Crippen LogP contribution in [0.5, 0.6) is 0 Å². The van der Waals surface area contributed by atoms with Gasteiger partial charge in [0, 0.05) is 25.1 Å². The van der Waals surface area contributed by atoms with E-state index in [1.165, 1.54) is 18.4 Å². The van der Waals surface area contributed by atoms with Crippen LogP contribution in [0.3, 0.4) is 0 Å². The molecule has 6 N–H and O–H groups in total. The van der Waals surface area contributed by atoms with Crippen LogP contribution in [0, 0.1) is 5.92 Å². The summed E-state index contributed by atoms with van der Waals surface area (Å²) >= 11 is 0. The standard InChI is InChI=1S/C12H18FN5O/c1-16-12(18-17-3-2-11(15)19)9-4-8(7-14)5-10(13)6-9/h2-5,9,11,17,19H,1,6-7,14-15H2/b3-2-,18-12-. The number of rotatable bonds is 5. The first kappa shape index (κ1) is 15.2. The second-order valence-electron chi connectivity index (χ2n) is 3.95. The topological polar surface area (TPSA) is 109 Å². The number of hydrazone groups is 1. The summed E-state index contributed by atoms with van der Waals surface area (Å²) in [5.74, 6) is -0.243. The Morgan fingerprint density at radius 1 is 1.74 bits per heavy atom. The fourth-order valence-electron chi connectivity index (χ4n) is 1.61. The van der Waals surface area contributed by atoms with Gasteiger partial charge in [-0.3, -0.25) is 5.43 Å². The third kappa shape index (κ3) is 5.12. The van der Waals surface area contributed by atoms with Gasteiger partial charge < -0.3 is 16.6 Å². The molecule has 6 nitrogen and oxygen atoms in total. The molecule has 0 heterocycles. The lowest BCUT2D eigenvalue weighted by atomic mass is 9.94. The van der Waals surface area contributed by atoms with E-state index < -0.39 is 6.23 Å². The first-order valence-electron chi connectivity index (χ1n) is 5.73. The van der Waals surface area contributed by atoms with Crippen molar-refractivity contribution >= 4 is 12.6 Å². The van der Waals surface area contributed by atoms with Crippen LogP contribution in [0.2, 0.25) is 0 Å². The highest BCUT2D eigenvalue weighted by Crippen LogP contribution is 2.24. The van der Waals surface area contributed by atoms with E-state index in [0.29, 0.717) is 11.4 Å². The van der Waals surface area contributed by atoms with E-state index in [-0.39, 0.29) is 24.7 Å². The minimum atomic E-state index is -1.07. The number of nitrogens with one attached hydrogen (secondary N) is 1. The van der Waals surface area contributed by atoms with E-state index in [0.717, 1.165) is 0 Å². The number of aliphatic hydroxyl groups excluding tert-OH is 1. The molecular weight excluding hydrogens is 249 g/mol. The normalized spacial score (nSPS) is 21.9. The number of allylic oxidation sites excluding steroid dienone is 1. The zero-order valence-electron chi connectivity index (χ0n) is 10.5. The smallest absolute Gasteiger partial charge is 0.155 e. The summed E-state index contributed by atoms with van der Waals surface area (Å²) in [6.45, 7) is 3.66. The molecule has 0 aromatic heterocycles. The second kappa shape index (κ2) is 7.57. The van der Waals surface area contributed by atoms with Gasteiger partial charge in [0.05, 0.1) is 0 Å². The van der Waals surface area contributed by atoms with Gasteiger partial charge in [0.2, 0.25) is 0 Å². The van der Waals surface area contributed by atoms with Crippen molar-refractivity contribution in [2.24, 2.45) is 27.5 Å². The predicted molar refractivity (Wildman–Crippen MR) is 73.9 cm³/mol. The van der Waals surface area contributed by atoms with E-state index in [4.69, 9.17) is 16.6 Å². The Morgan fingerprint density at radius 2 is 2.47 bits per heavy atom. The molecule has 0 aliphatic heterocycles. The fourth-order valence-corrected chi connectivity index (χ4v) is 1.61. The monoisotopic (exact) mass is 267 g/mol. The molecule has 0 amide bonds. The zero-order chi connectivity index (χ0) is 14.3. The Balaban J connectivity index is 2.75. The van der Waals surface area contributed by atoms with Crippen molar-refractivity contribution in [3.63, 3.8) is 0 Å². The molecule has 1 aliphatic carbocycles. The molecule has 0 aromatic rings. The molecule has 0 fully saturated rings. The first-order valence-corrected chi connectivity index (χ1v) is 5.73. The van der Waals surface area contributed by atoms with Gasteiger partial charge in [0.15, 0.2) is 5.84 Å². The van der Waals surface area contributed by atoms with Crippen molar-refractivity contribution in [2.75, 3.05) is 6.54 Å². The summed E-state index contributed by atoms with van der Waals surface area (Å²) < 4.78 is 13.4. The summed E-state index contributed by atoms with van der Waals surface area (Å²) in [7, 11) is 0. The third-order valence-electron chi connectivity index (χ3n) is 2.45. The van der Waals surface area contributed by atoms with E-state index >= 15 is 0 Å². The number of amidine groups is 1. The van der Waals surface area contributed by atoms with Gasteiger partial charge in [0.25, 0.3) is 0 Å². The van der Waals surface area contributed by atoms with Crippen LogP contribution in [-0.2, 0) is 0 Å². The molecular formula is C12H18FN5O. The summed E-state index contributed by atoms with van der Waals surface area (Å²) in [5, 5.41) is 12.8. The largest absolute Gasteiger partial charge is 0.375 e. The predicted octanol–water partition coefficient (Wildman–Crippen LogP) is 0.139. The first-order chi connectivity index (χ1) is 9.06. The molecule has 0 aromatic carbocycles. The quantitative estimate of drug-likeness (QED) is 0.246. The minimum absolute atomic E-state index is 0.173. The van der Waals surface area contributed by atoms with E-state index in [1.54, 1.807) is 6.08 Å². The Labute approximate surface area is 111 Å². The van der Waals surface area contributed by atoms with Gasteiger partial charge in [-0.25, -0.2) is 9.38 Å². The van der Waals surface area contributed by atoms with Crippen molar-refractivity contribution < 1.29 is 9.50 Å². The molecule has 19 heavy (non-hydrogen) atoms. The Bertz CT molecular complexity index is 439. The summed E-state index contributed by atoms with van der Waals surface area (Å²) in [5.41, 5.74) is 13.8. The molecule has 2 unspecified atom stereocenters. The molecule has 7 heteroatoms. The summed E-state index contributed by atoms with van der Waals surface area (Å²) in [6.07, 6.45) is 4.98. The second-order valence-corrected chi connectivity index (χ2v) is 3.95. The van der Waals surface area contributed by atoms with Crippen molar-refractivity contribution in [3.8, 4) is 0 Å². The van der Waals surface area contributed by atoms with Gasteiger partial charge in [-0.15, -0.1) is 0 Å². The van der Waals surface area contributed by atoms with Gasteiger partial charge in [0.1, 0.15) is 12.1 Å². The van der Waals surface area contributed by atoms with Crippen LogP contribution in [0.1, 0.15) is 6.42 Å². The van der Waals surface area contributed by atoms with E-state index in [1.807, 2.05) is 0 Å². The Morgan fingerprint density at radius 3 is 3.05 bits per heavy atom. The fraction of sp³-hybridized carbons (Fsp3) is 0.333. The lowest BCUT2D eigenvalue weighted by Gasteiger charge is -2.16. The van der Waals surface area contributed by atoms with Crippen molar-refractivity contribution in [1.29, 1.82) is 0 Å². The minimum Gasteiger partial charge on any atom is -0.375 e. The van der Waals surface area contributed by atoms with Crippen LogP contribution in [0.15, 0.2) is 45.9 Å². The highest BCUT2D eigenvalue weighted by atomic mass is 19.1. The maximum Gasteiger partial charge on any atom is 0.155 e. The van der Waals surface area contributed by atoms with Crippen molar-refractivity contribution in [3.05, 3.63) is 35.8 Å². The highest BCUT2D eigenvalue weighted by molar-refractivity contribution is 5.90. The third-order valence-corrected chi connectivity index (χ3v) is 2.45. The van der Waals surface area contributed by atoms with Crippen LogP contribution in [0.4, 0.5) is 4.39 Å². The number of halogens is 1. The zero-order valence-corrected chi connectivity index (χ0v) is 10.5. The number of aliphatic imine (C=N–C) groups is 1. The molecule has 2 atom stereocenters. The lowest BCUT2D eigenvalue weighted by Crippen LogP contribution is -2.19. The Kier molecular flexibility index (Phi) is 6.07. The summed E-state index contributed by atoms with van der Waals surface area (Å²) in [4.78, 5) is 3.76. The van der Waals surface area contributed by atoms with Gasteiger partial charge in [-0.1, -0.05) is 6.08 Å². The van der Waals surface area contributed by atoms with Crippen molar-refractivity contribution in [2.45, 2.75) is 12.6 Å². The van der Waals surface area contributed by atoms with E-state index in [2.05, 4.69) is 22.2 Å². The van der Waals surface area contributed by atoms with Crippen LogP contribution >= 0.6 is 0 Å². The number of nitrogens with zero attached hydrogens (tertiary/aromatic N) is 2.